The number of rotatable bonds is 4. The number of unbranched alkanes of at least 4 members (excludes halogenated alkanes) is 1. The number of hydrogen-bond acceptors (Lipinski definition) is 1. The van der Waals surface area contributed by atoms with Gasteiger partial charge in [0.05, 0.1) is 0 Å². The van der Waals surface area contributed by atoms with Crippen molar-refractivity contribution in [3.8, 4) is 5.75 Å². The fraction of sp³-hybridized carbons (Fsp3) is 0.500. The number of aryl methyl sites for hydroxylation is 2. The van der Waals surface area contributed by atoms with Crippen molar-refractivity contribution in [3.63, 3.8) is 0 Å². The lowest BCUT2D eigenvalue weighted by Gasteiger charge is -2.08. The van der Waals surface area contributed by atoms with E-state index >= 15 is 0 Å². The van der Waals surface area contributed by atoms with Crippen LogP contribution in [0.3, 0.4) is 0 Å². The van der Waals surface area contributed by atoms with Gasteiger partial charge in [0, 0.05) is 4.47 Å². The highest BCUT2D eigenvalue weighted by Crippen LogP contribution is 2.28. The van der Waals surface area contributed by atoms with Gasteiger partial charge >= 0.3 is 0 Å². The molecule has 0 aliphatic heterocycles. The van der Waals surface area contributed by atoms with E-state index < -0.39 is 0 Å². The van der Waals surface area contributed by atoms with Crippen molar-refractivity contribution in [2.75, 3.05) is 0 Å². The third kappa shape index (κ3) is 2.74. The molecule has 0 aliphatic rings. The first-order valence-corrected chi connectivity index (χ1v) is 5.98. The van der Waals surface area contributed by atoms with E-state index in [1.165, 1.54) is 5.56 Å². The van der Waals surface area contributed by atoms with E-state index in [1.807, 2.05) is 12.1 Å². The molecule has 1 aromatic rings. The van der Waals surface area contributed by atoms with Crippen LogP contribution < -0.4 is 0 Å². The maximum Gasteiger partial charge on any atom is 0.119 e. The topological polar surface area (TPSA) is 20.2 Å². The first kappa shape index (κ1) is 11.6. The monoisotopic (exact) mass is 256 g/mol. The molecule has 1 N–H and O–H groups in total. The number of phenols is 1. The summed E-state index contributed by atoms with van der Waals surface area (Å²) in [5.74, 6) is 0.443. The molecule has 0 bridgehead atoms. The van der Waals surface area contributed by atoms with Crippen LogP contribution in [0.15, 0.2) is 16.6 Å². The van der Waals surface area contributed by atoms with Crippen LogP contribution in [0.4, 0.5) is 0 Å². The van der Waals surface area contributed by atoms with Crippen LogP contribution in [0, 0.1) is 0 Å². The Kier molecular flexibility index (Phi) is 4.46. The van der Waals surface area contributed by atoms with Gasteiger partial charge in [0.2, 0.25) is 0 Å². The second-order valence-electron chi connectivity index (χ2n) is 3.53. The number of phenolic OH excluding ortho intramolecular Hbond substituents is 1. The summed E-state index contributed by atoms with van der Waals surface area (Å²) in [6, 6.07) is 3.92. The highest BCUT2D eigenvalue weighted by molar-refractivity contribution is 9.10. The summed E-state index contributed by atoms with van der Waals surface area (Å²) < 4.78 is 1.11. The maximum atomic E-state index is 9.75. The van der Waals surface area contributed by atoms with E-state index in [0.29, 0.717) is 5.75 Å². The summed E-state index contributed by atoms with van der Waals surface area (Å²) in [4.78, 5) is 0. The van der Waals surface area contributed by atoms with Crippen LogP contribution in [0.5, 0.6) is 5.75 Å². The lowest BCUT2D eigenvalue weighted by atomic mass is 10.0. The molecule has 0 amide bonds. The van der Waals surface area contributed by atoms with E-state index in [2.05, 4.69) is 29.8 Å². The van der Waals surface area contributed by atoms with Gasteiger partial charge in [0.25, 0.3) is 0 Å². The Hall–Kier alpha value is -0.500. The summed E-state index contributed by atoms with van der Waals surface area (Å²) in [5, 5.41) is 9.75. The van der Waals surface area contributed by atoms with Gasteiger partial charge in [-0.15, -0.1) is 0 Å². The SMILES string of the molecule is CCCCc1cc(Br)c(CC)cc1O. The molecule has 0 spiro atoms. The Balaban J connectivity index is 2.90. The van der Waals surface area contributed by atoms with Gasteiger partial charge in [-0.25, -0.2) is 0 Å². The Morgan fingerprint density at radius 1 is 1.21 bits per heavy atom. The zero-order valence-electron chi connectivity index (χ0n) is 8.81. The number of aromatic hydroxyl groups is 1. The molecule has 1 rings (SSSR count). The molecular weight excluding hydrogens is 240 g/mol. The van der Waals surface area contributed by atoms with E-state index in [4.69, 9.17) is 0 Å². The minimum atomic E-state index is 0.443. The molecular formula is C12H17BrO. The minimum Gasteiger partial charge on any atom is -0.508 e. The van der Waals surface area contributed by atoms with Gasteiger partial charge in [0.1, 0.15) is 5.75 Å². The molecule has 78 valence electrons. The molecule has 0 radical (unpaired) electrons. The maximum absolute atomic E-state index is 9.75. The predicted molar refractivity (Wildman–Crippen MR) is 63.8 cm³/mol. The second-order valence-corrected chi connectivity index (χ2v) is 4.38. The van der Waals surface area contributed by atoms with Crippen molar-refractivity contribution < 1.29 is 5.11 Å². The number of hydrogen-bond donors (Lipinski definition) is 1. The average molecular weight is 257 g/mol. The standard InChI is InChI=1S/C12H17BrO/c1-3-5-6-10-7-11(13)9(4-2)8-12(10)14/h7-8,14H,3-6H2,1-2H3. The van der Waals surface area contributed by atoms with Gasteiger partial charge in [-0.2, -0.15) is 0 Å². The number of benzene rings is 1. The smallest absolute Gasteiger partial charge is 0.119 e. The molecule has 0 fully saturated rings. The van der Waals surface area contributed by atoms with Crippen LogP contribution >= 0.6 is 15.9 Å². The zero-order valence-corrected chi connectivity index (χ0v) is 10.4. The second kappa shape index (κ2) is 5.40. The van der Waals surface area contributed by atoms with Gasteiger partial charge < -0.3 is 5.11 Å². The van der Waals surface area contributed by atoms with Gasteiger partial charge in [0.15, 0.2) is 0 Å². The third-order valence-electron chi connectivity index (χ3n) is 2.43. The van der Waals surface area contributed by atoms with Crippen LogP contribution in [0.25, 0.3) is 0 Å². The van der Waals surface area contributed by atoms with Crippen LogP contribution in [0.2, 0.25) is 0 Å². The molecule has 1 aromatic carbocycles. The quantitative estimate of drug-likeness (QED) is 0.862. The molecule has 2 heteroatoms. The molecule has 0 unspecified atom stereocenters. The molecule has 0 heterocycles. The highest BCUT2D eigenvalue weighted by atomic mass is 79.9. The van der Waals surface area contributed by atoms with Gasteiger partial charge in [-0.3, -0.25) is 0 Å². The summed E-state index contributed by atoms with van der Waals surface area (Å²) in [6.07, 6.45) is 4.20. The summed E-state index contributed by atoms with van der Waals surface area (Å²) in [6.45, 7) is 4.25. The molecule has 0 aromatic heterocycles. The third-order valence-corrected chi connectivity index (χ3v) is 3.17. The molecule has 0 saturated heterocycles. The first-order chi connectivity index (χ1) is 6.69. The zero-order chi connectivity index (χ0) is 10.6. The lowest BCUT2D eigenvalue weighted by molar-refractivity contribution is 0.466. The van der Waals surface area contributed by atoms with Crippen LogP contribution in [-0.4, -0.2) is 5.11 Å². The Bertz CT molecular complexity index is 307. The average Bonchev–Trinajstić information content (AvgIpc) is 2.18. The largest absolute Gasteiger partial charge is 0.508 e. The molecule has 0 atom stereocenters. The summed E-state index contributed by atoms with van der Waals surface area (Å²) in [7, 11) is 0. The Morgan fingerprint density at radius 2 is 1.93 bits per heavy atom. The van der Waals surface area contributed by atoms with Crippen molar-refractivity contribution in [1.82, 2.24) is 0 Å². The van der Waals surface area contributed by atoms with E-state index in [9.17, 15) is 5.11 Å². The predicted octanol–water partition coefficient (Wildman–Crippen LogP) is 4.06. The van der Waals surface area contributed by atoms with Crippen LogP contribution in [-0.2, 0) is 12.8 Å². The minimum absolute atomic E-state index is 0.443. The Labute approximate surface area is 94.3 Å². The lowest BCUT2D eigenvalue weighted by Crippen LogP contribution is -1.90. The normalized spacial score (nSPS) is 10.5. The van der Waals surface area contributed by atoms with Crippen LogP contribution in [0.1, 0.15) is 37.8 Å². The molecule has 0 saturated carbocycles. The summed E-state index contributed by atoms with van der Waals surface area (Å²) >= 11 is 3.52. The van der Waals surface area contributed by atoms with E-state index in [0.717, 1.165) is 35.7 Å². The molecule has 1 nitrogen and oxygen atoms in total. The fourth-order valence-corrected chi connectivity index (χ4v) is 2.16. The first-order valence-electron chi connectivity index (χ1n) is 5.19. The van der Waals surface area contributed by atoms with Gasteiger partial charge in [-0.1, -0.05) is 36.2 Å². The van der Waals surface area contributed by atoms with E-state index in [-0.39, 0.29) is 0 Å². The highest BCUT2D eigenvalue weighted by Gasteiger charge is 2.05. The fourth-order valence-electron chi connectivity index (χ4n) is 1.48. The number of halogens is 1. The van der Waals surface area contributed by atoms with Crippen molar-refractivity contribution in [1.29, 1.82) is 0 Å². The van der Waals surface area contributed by atoms with Gasteiger partial charge in [-0.05, 0) is 42.5 Å². The summed E-state index contributed by atoms with van der Waals surface area (Å²) in [5.41, 5.74) is 2.22. The van der Waals surface area contributed by atoms with E-state index in [1.54, 1.807) is 0 Å². The van der Waals surface area contributed by atoms with Crippen molar-refractivity contribution in [2.24, 2.45) is 0 Å². The molecule has 14 heavy (non-hydrogen) atoms. The van der Waals surface area contributed by atoms with Crippen molar-refractivity contribution in [3.05, 3.63) is 27.7 Å². The van der Waals surface area contributed by atoms with Crippen molar-refractivity contribution in [2.45, 2.75) is 39.5 Å². The van der Waals surface area contributed by atoms with Crippen molar-refractivity contribution >= 4 is 15.9 Å². The molecule has 0 aliphatic carbocycles. The Morgan fingerprint density at radius 3 is 2.50 bits per heavy atom.